The number of nitrogens with zero attached hydrogens (tertiary/aromatic N) is 3. The van der Waals surface area contributed by atoms with Crippen LogP contribution >= 0.6 is 0 Å². The van der Waals surface area contributed by atoms with Gasteiger partial charge in [-0.05, 0) is 30.5 Å². The van der Waals surface area contributed by atoms with Gasteiger partial charge in [-0.2, -0.15) is 0 Å². The molecular formula is C13H18N4. The molecule has 4 nitrogen and oxygen atoms in total. The van der Waals surface area contributed by atoms with Crippen LogP contribution in [0.1, 0.15) is 31.5 Å². The maximum Gasteiger partial charge on any atom is 0.169 e. The molecule has 17 heavy (non-hydrogen) atoms. The summed E-state index contributed by atoms with van der Waals surface area (Å²) < 4.78 is 1.83. The summed E-state index contributed by atoms with van der Waals surface area (Å²) in [5.41, 5.74) is 9.16. The summed E-state index contributed by atoms with van der Waals surface area (Å²) in [7, 11) is 0. The minimum Gasteiger partial charge on any atom is -0.381 e. The molecule has 0 saturated heterocycles. The molecule has 0 aliphatic heterocycles. The van der Waals surface area contributed by atoms with E-state index in [4.69, 9.17) is 5.73 Å². The van der Waals surface area contributed by atoms with Gasteiger partial charge >= 0.3 is 0 Å². The molecule has 4 heteroatoms. The lowest BCUT2D eigenvalue weighted by Gasteiger charge is -2.06. The second-order valence-electron chi connectivity index (χ2n) is 4.10. The molecule has 0 radical (unpaired) electrons. The van der Waals surface area contributed by atoms with Crippen LogP contribution in [0.3, 0.4) is 0 Å². The maximum absolute atomic E-state index is 5.83. The van der Waals surface area contributed by atoms with Gasteiger partial charge in [0.15, 0.2) is 5.82 Å². The first kappa shape index (κ1) is 11.6. The fourth-order valence-corrected chi connectivity index (χ4v) is 1.86. The van der Waals surface area contributed by atoms with E-state index >= 15 is 0 Å². The highest BCUT2D eigenvalue weighted by Crippen LogP contribution is 2.16. The average molecular weight is 230 g/mol. The summed E-state index contributed by atoms with van der Waals surface area (Å²) in [4.78, 5) is 0. The average Bonchev–Trinajstić information content (AvgIpc) is 2.72. The van der Waals surface area contributed by atoms with Crippen molar-refractivity contribution in [1.82, 2.24) is 15.0 Å². The SMILES string of the molecule is CCCc1c(N)nnn1-c1ccc(CC)cc1. The van der Waals surface area contributed by atoms with Crippen molar-refractivity contribution in [3.8, 4) is 5.69 Å². The molecule has 0 amide bonds. The van der Waals surface area contributed by atoms with E-state index in [1.165, 1.54) is 5.56 Å². The Morgan fingerprint density at radius 3 is 2.47 bits per heavy atom. The molecule has 2 N–H and O–H groups in total. The van der Waals surface area contributed by atoms with E-state index in [0.29, 0.717) is 5.82 Å². The first-order chi connectivity index (χ1) is 8.26. The summed E-state index contributed by atoms with van der Waals surface area (Å²) in [5, 5.41) is 8.05. The van der Waals surface area contributed by atoms with Gasteiger partial charge in [0.25, 0.3) is 0 Å². The highest BCUT2D eigenvalue weighted by molar-refractivity contribution is 5.41. The van der Waals surface area contributed by atoms with Crippen LogP contribution in [0, 0.1) is 0 Å². The maximum atomic E-state index is 5.83. The molecule has 2 rings (SSSR count). The Labute approximate surface area is 101 Å². The summed E-state index contributed by atoms with van der Waals surface area (Å²) in [6.07, 6.45) is 2.97. The summed E-state index contributed by atoms with van der Waals surface area (Å²) in [6, 6.07) is 8.35. The zero-order valence-electron chi connectivity index (χ0n) is 10.3. The lowest BCUT2D eigenvalue weighted by atomic mass is 10.1. The smallest absolute Gasteiger partial charge is 0.169 e. The number of anilines is 1. The lowest BCUT2D eigenvalue weighted by Crippen LogP contribution is -2.03. The minimum atomic E-state index is 0.534. The lowest BCUT2D eigenvalue weighted by molar-refractivity contribution is 0.745. The van der Waals surface area contributed by atoms with Crippen molar-refractivity contribution in [3.05, 3.63) is 35.5 Å². The van der Waals surface area contributed by atoms with E-state index in [1.807, 2.05) is 4.68 Å². The van der Waals surface area contributed by atoms with Crippen LogP contribution in [-0.2, 0) is 12.8 Å². The topological polar surface area (TPSA) is 56.7 Å². The predicted octanol–water partition coefficient (Wildman–Crippen LogP) is 2.36. The number of aryl methyl sites for hydroxylation is 1. The molecule has 0 aliphatic rings. The van der Waals surface area contributed by atoms with E-state index in [1.54, 1.807) is 0 Å². The van der Waals surface area contributed by atoms with Gasteiger partial charge in [-0.25, -0.2) is 4.68 Å². The van der Waals surface area contributed by atoms with Crippen molar-refractivity contribution < 1.29 is 0 Å². The van der Waals surface area contributed by atoms with Crippen LogP contribution in [0.15, 0.2) is 24.3 Å². The Hall–Kier alpha value is -1.84. The van der Waals surface area contributed by atoms with Gasteiger partial charge in [0, 0.05) is 0 Å². The van der Waals surface area contributed by atoms with E-state index < -0.39 is 0 Å². The third-order valence-corrected chi connectivity index (χ3v) is 2.87. The molecule has 2 aromatic rings. The van der Waals surface area contributed by atoms with Gasteiger partial charge < -0.3 is 5.73 Å². The molecule has 0 atom stereocenters. The number of nitrogen functional groups attached to an aromatic ring is 1. The van der Waals surface area contributed by atoms with Gasteiger partial charge in [0.1, 0.15) is 0 Å². The van der Waals surface area contributed by atoms with Gasteiger partial charge in [-0.15, -0.1) is 5.10 Å². The minimum absolute atomic E-state index is 0.534. The molecule has 0 spiro atoms. The normalized spacial score (nSPS) is 10.7. The Bertz CT molecular complexity index is 485. The number of aromatic nitrogens is 3. The van der Waals surface area contributed by atoms with Gasteiger partial charge in [0.2, 0.25) is 0 Å². The molecule has 1 heterocycles. The molecular weight excluding hydrogens is 212 g/mol. The second-order valence-corrected chi connectivity index (χ2v) is 4.10. The Morgan fingerprint density at radius 1 is 1.18 bits per heavy atom. The van der Waals surface area contributed by atoms with Crippen LogP contribution < -0.4 is 5.73 Å². The van der Waals surface area contributed by atoms with Crippen LogP contribution in [0.4, 0.5) is 5.82 Å². The van der Waals surface area contributed by atoms with Crippen molar-refractivity contribution in [2.24, 2.45) is 0 Å². The molecule has 0 bridgehead atoms. The standard InChI is InChI=1S/C13H18N4/c1-3-5-12-13(14)15-16-17(12)11-8-6-10(4-2)7-9-11/h6-9H,3-5,14H2,1-2H3. The van der Waals surface area contributed by atoms with Gasteiger partial charge in [0.05, 0.1) is 11.4 Å². The largest absolute Gasteiger partial charge is 0.381 e. The Balaban J connectivity index is 2.38. The number of hydrogen-bond donors (Lipinski definition) is 1. The van der Waals surface area contributed by atoms with Crippen molar-refractivity contribution in [3.63, 3.8) is 0 Å². The van der Waals surface area contributed by atoms with Gasteiger partial charge in [-0.1, -0.05) is 37.6 Å². The van der Waals surface area contributed by atoms with Crippen LogP contribution in [0.25, 0.3) is 5.69 Å². The molecule has 0 aliphatic carbocycles. The highest BCUT2D eigenvalue weighted by Gasteiger charge is 2.10. The fraction of sp³-hybridized carbons (Fsp3) is 0.385. The van der Waals surface area contributed by atoms with E-state index in [0.717, 1.165) is 30.6 Å². The molecule has 0 saturated carbocycles. The quantitative estimate of drug-likeness (QED) is 0.877. The first-order valence-electron chi connectivity index (χ1n) is 6.05. The third kappa shape index (κ3) is 2.30. The molecule has 90 valence electrons. The van der Waals surface area contributed by atoms with Crippen molar-refractivity contribution in [2.45, 2.75) is 33.1 Å². The Morgan fingerprint density at radius 2 is 1.88 bits per heavy atom. The fourth-order valence-electron chi connectivity index (χ4n) is 1.86. The van der Waals surface area contributed by atoms with Crippen LogP contribution in [0.2, 0.25) is 0 Å². The zero-order valence-corrected chi connectivity index (χ0v) is 10.3. The number of benzene rings is 1. The summed E-state index contributed by atoms with van der Waals surface area (Å²) in [6.45, 7) is 4.27. The molecule has 1 aromatic carbocycles. The molecule has 0 unspecified atom stereocenters. The number of nitrogens with two attached hydrogens (primary N) is 1. The van der Waals surface area contributed by atoms with Gasteiger partial charge in [-0.3, -0.25) is 0 Å². The zero-order chi connectivity index (χ0) is 12.3. The number of rotatable bonds is 4. The summed E-state index contributed by atoms with van der Waals surface area (Å²) >= 11 is 0. The van der Waals surface area contributed by atoms with E-state index in [9.17, 15) is 0 Å². The van der Waals surface area contributed by atoms with Crippen LogP contribution in [0.5, 0.6) is 0 Å². The second kappa shape index (κ2) is 4.99. The Kier molecular flexibility index (Phi) is 3.42. The predicted molar refractivity (Wildman–Crippen MR) is 69.1 cm³/mol. The highest BCUT2D eigenvalue weighted by atomic mass is 15.4. The van der Waals surface area contributed by atoms with Crippen molar-refractivity contribution >= 4 is 5.82 Å². The monoisotopic (exact) mass is 230 g/mol. The summed E-state index contributed by atoms with van der Waals surface area (Å²) in [5.74, 6) is 0.534. The van der Waals surface area contributed by atoms with Crippen molar-refractivity contribution in [2.75, 3.05) is 5.73 Å². The van der Waals surface area contributed by atoms with E-state index in [-0.39, 0.29) is 0 Å². The number of hydrogen-bond acceptors (Lipinski definition) is 3. The van der Waals surface area contributed by atoms with E-state index in [2.05, 4.69) is 48.4 Å². The molecule has 0 fully saturated rings. The first-order valence-corrected chi connectivity index (χ1v) is 6.05. The molecule has 1 aromatic heterocycles. The third-order valence-electron chi connectivity index (χ3n) is 2.87. The van der Waals surface area contributed by atoms with Crippen LogP contribution in [-0.4, -0.2) is 15.0 Å². The van der Waals surface area contributed by atoms with Crippen molar-refractivity contribution in [1.29, 1.82) is 0 Å².